The number of hydrogen-bond acceptors (Lipinski definition) is 4. The molecule has 0 bridgehead atoms. The van der Waals surface area contributed by atoms with E-state index in [0.29, 0.717) is 6.04 Å². The summed E-state index contributed by atoms with van der Waals surface area (Å²) in [4.78, 5) is 2.46. The minimum absolute atomic E-state index is 0.662. The molecule has 0 saturated carbocycles. The van der Waals surface area contributed by atoms with Crippen molar-refractivity contribution in [1.82, 2.24) is 4.90 Å². The molecule has 2 saturated heterocycles. The minimum Gasteiger partial charge on any atom is -0.432 e. The van der Waals surface area contributed by atoms with Gasteiger partial charge in [0.15, 0.2) is 0 Å². The van der Waals surface area contributed by atoms with Crippen LogP contribution in [0.4, 0.5) is 0 Å². The maximum atomic E-state index is 5.84. The van der Waals surface area contributed by atoms with Crippen LogP contribution in [0, 0.1) is 5.92 Å². The summed E-state index contributed by atoms with van der Waals surface area (Å²) in [5, 5.41) is 0. The lowest BCUT2D eigenvalue weighted by molar-refractivity contribution is 0.124. The molecule has 2 unspecified atom stereocenters. The van der Waals surface area contributed by atoms with Crippen molar-refractivity contribution in [3.05, 3.63) is 11.8 Å². The molecule has 1 aliphatic carbocycles. The first-order chi connectivity index (χ1) is 8.33. The summed E-state index contributed by atoms with van der Waals surface area (Å²) in [5.74, 6) is 1.90. The van der Waals surface area contributed by atoms with E-state index in [9.17, 15) is 0 Å². The largest absolute Gasteiger partial charge is 0.432 e. The van der Waals surface area contributed by atoms with Gasteiger partial charge in [0.05, 0.1) is 13.2 Å². The molecule has 2 atom stereocenters. The van der Waals surface area contributed by atoms with Gasteiger partial charge in [-0.15, -0.1) is 0 Å². The quantitative estimate of drug-likeness (QED) is 0.712. The lowest BCUT2D eigenvalue weighted by Crippen LogP contribution is -2.31. The summed E-state index contributed by atoms with van der Waals surface area (Å²) in [6, 6.07) is 0.662. The Kier molecular flexibility index (Phi) is 3.67. The summed E-state index contributed by atoms with van der Waals surface area (Å²) < 4.78 is 16.8. The number of rotatable bonds is 2. The van der Waals surface area contributed by atoms with E-state index in [4.69, 9.17) is 13.6 Å². The van der Waals surface area contributed by atoms with Crippen molar-refractivity contribution in [3.63, 3.8) is 0 Å². The van der Waals surface area contributed by atoms with Crippen LogP contribution in [0.3, 0.4) is 0 Å². The van der Waals surface area contributed by atoms with Gasteiger partial charge in [-0.25, -0.2) is 0 Å². The van der Waals surface area contributed by atoms with Crippen molar-refractivity contribution in [3.8, 4) is 0 Å². The molecule has 0 aromatic heterocycles. The molecule has 3 rings (SSSR count). The highest BCUT2D eigenvalue weighted by Gasteiger charge is 2.35. The Morgan fingerprint density at radius 1 is 1.41 bits per heavy atom. The lowest BCUT2D eigenvalue weighted by Gasteiger charge is -2.31. The Hall–Kier alpha value is -0.150. The van der Waals surface area contributed by atoms with Crippen LogP contribution < -0.4 is 0 Å². The summed E-state index contributed by atoms with van der Waals surface area (Å²) >= 11 is 0. The first kappa shape index (κ1) is 11.9. The first-order valence-corrected chi connectivity index (χ1v) is 7.55. The maximum Gasteiger partial charge on any atom is 0.396 e. The Morgan fingerprint density at radius 3 is 3.06 bits per heavy atom. The fourth-order valence-corrected chi connectivity index (χ4v) is 3.93. The SMILES string of the molecule is CN1CCC2CC=C(OP3OCCCO3)CC21. The number of hydrogen-bond donors (Lipinski definition) is 0. The molecule has 4 nitrogen and oxygen atoms in total. The first-order valence-electron chi connectivity index (χ1n) is 6.46. The van der Waals surface area contributed by atoms with E-state index in [1.807, 2.05) is 0 Å². The van der Waals surface area contributed by atoms with Gasteiger partial charge in [0, 0.05) is 12.5 Å². The zero-order valence-electron chi connectivity index (χ0n) is 10.3. The molecule has 2 heterocycles. The van der Waals surface area contributed by atoms with Gasteiger partial charge in [0.1, 0.15) is 5.76 Å². The van der Waals surface area contributed by atoms with Crippen LogP contribution in [0.15, 0.2) is 11.8 Å². The van der Waals surface area contributed by atoms with Gasteiger partial charge in [-0.1, -0.05) is 0 Å². The molecule has 0 aromatic rings. The molecular formula is C12H20NO3P. The zero-order chi connectivity index (χ0) is 11.7. The highest BCUT2D eigenvalue weighted by Crippen LogP contribution is 2.47. The van der Waals surface area contributed by atoms with E-state index >= 15 is 0 Å². The molecule has 0 aromatic carbocycles. The third-order valence-corrected chi connectivity index (χ3v) is 5.07. The molecule has 0 radical (unpaired) electrons. The van der Waals surface area contributed by atoms with Gasteiger partial charge in [-0.05, 0) is 44.8 Å². The van der Waals surface area contributed by atoms with Crippen molar-refractivity contribution in [2.75, 3.05) is 26.8 Å². The van der Waals surface area contributed by atoms with Gasteiger partial charge in [0.25, 0.3) is 0 Å². The highest BCUT2D eigenvalue weighted by atomic mass is 31.2. The van der Waals surface area contributed by atoms with Crippen LogP contribution >= 0.6 is 8.60 Å². The highest BCUT2D eigenvalue weighted by molar-refractivity contribution is 7.41. The Labute approximate surface area is 104 Å². The standard InChI is InChI=1S/C12H20NO3P/c1-13-6-5-10-3-4-11(9-12(10)13)16-17-14-7-2-8-15-17/h4,10,12H,2-3,5-9H2,1H3. The van der Waals surface area contributed by atoms with Crippen LogP contribution in [0.5, 0.6) is 0 Å². The Bertz CT molecular complexity index is 304. The fraction of sp³-hybridized carbons (Fsp3) is 0.833. The zero-order valence-corrected chi connectivity index (χ0v) is 11.2. The summed E-state index contributed by atoms with van der Waals surface area (Å²) in [7, 11) is 1.10. The molecule has 3 aliphatic rings. The summed E-state index contributed by atoms with van der Waals surface area (Å²) in [5.41, 5.74) is 0. The minimum atomic E-state index is -1.11. The van der Waals surface area contributed by atoms with Gasteiger partial charge in [0.2, 0.25) is 0 Å². The van der Waals surface area contributed by atoms with E-state index < -0.39 is 8.60 Å². The van der Waals surface area contributed by atoms with Gasteiger partial charge < -0.3 is 18.5 Å². The van der Waals surface area contributed by atoms with E-state index in [0.717, 1.165) is 44.2 Å². The third-order valence-electron chi connectivity index (χ3n) is 3.90. The topological polar surface area (TPSA) is 30.9 Å². The van der Waals surface area contributed by atoms with Crippen LogP contribution in [0.1, 0.15) is 25.7 Å². The number of nitrogens with zero attached hydrogens (tertiary/aromatic N) is 1. The number of likely N-dealkylation sites (tertiary alicyclic amines) is 1. The van der Waals surface area contributed by atoms with Crippen LogP contribution in [-0.2, 0) is 13.6 Å². The van der Waals surface area contributed by atoms with E-state index in [1.54, 1.807) is 0 Å². The molecular weight excluding hydrogens is 237 g/mol. The lowest BCUT2D eigenvalue weighted by atomic mass is 9.89. The molecule has 0 spiro atoms. The van der Waals surface area contributed by atoms with Gasteiger partial charge in [-0.2, -0.15) is 0 Å². The molecule has 2 fully saturated rings. The average molecular weight is 257 g/mol. The molecule has 96 valence electrons. The monoisotopic (exact) mass is 257 g/mol. The smallest absolute Gasteiger partial charge is 0.396 e. The fourth-order valence-electron chi connectivity index (χ4n) is 2.85. The molecule has 17 heavy (non-hydrogen) atoms. The van der Waals surface area contributed by atoms with Crippen molar-refractivity contribution in [2.45, 2.75) is 31.7 Å². The van der Waals surface area contributed by atoms with E-state index in [2.05, 4.69) is 18.0 Å². The van der Waals surface area contributed by atoms with Crippen LogP contribution in [0.2, 0.25) is 0 Å². The van der Waals surface area contributed by atoms with Crippen molar-refractivity contribution in [1.29, 1.82) is 0 Å². The van der Waals surface area contributed by atoms with Crippen molar-refractivity contribution >= 4 is 8.60 Å². The van der Waals surface area contributed by atoms with Crippen molar-refractivity contribution in [2.24, 2.45) is 5.92 Å². The average Bonchev–Trinajstić information content (AvgIpc) is 2.73. The van der Waals surface area contributed by atoms with Crippen LogP contribution in [0.25, 0.3) is 0 Å². The second kappa shape index (κ2) is 5.23. The predicted octanol–water partition coefficient (Wildman–Crippen LogP) is 2.66. The molecule has 0 amide bonds. The van der Waals surface area contributed by atoms with Crippen LogP contribution in [-0.4, -0.2) is 37.7 Å². The van der Waals surface area contributed by atoms with Gasteiger partial charge in [-0.3, -0.25) is 0 Å². The van der Waals surface area contributed by atoms with Gasteiger partial charge >= 0.3 is 8.60 Å². The Balaban J connectivity index is 1.57. The number of allylic oxidation sites excluding steroid dienone is 1. The summed E-state index contributed by atoms with van der Waals surface area (Å²) in [6.07, 6.45) is 6.71. The second-order valence-electron chi connectivity index (χ2n) is 5.04. The normalized spacial score (nSPS) is 35.5. The third kappa shape index (κ3) is 2.65. The Morgan fingerprint density at radius 2 is 2.24 bits per heavy atom. The molecule has 0 N–H and O–H groups in total. The van der Waals surface area contributed by atoms with E-state index in [1.165, 1.54) is 13.0 Å². The predicted molar refractivity (Wildman–Crippen MR) is 66.4 cm³/mol. The van der Waals surface area contributed by atoms with E-state index in [-0.39, 0.29) is 0 Å². The van der Waals surface area contributed by atoms with Crippen molar-refractivity contribution < 1.29 is 13.6 Å². The second-order valence-corrected chi connectivity index (χ2v) is 6.19. The maximum absolute atomic E-state index is 5.84. The molecule has 5 heteroatoms. The number of fused-ring (bicyclic) bond motifs is 1. The molecule has 2 aliphatic heterocycles. The summed E-state index contributed by atoms with van der Waals surface area (Å²) in [6.45, 7) is 2.76.